The number of hydrogen-bond acceptors (Lipinski definition) is 2. The average molecular weight is 369 g/mol. The highest BCUT2D eigenvalue weighted by Gasteiger charge is 2.20. The van der Waals surface area contributed by atoms with Gasteiger partial charge < -0.3 is 9.88 Å². The van der Waals surface area contributed by atoms with E-state index in [4.69, 9.17) is 0 Å². The van der Waals surface area contributed by atoms with Crippen LogP contribution in [0.2, 0.25) is 0 Å². The van der Waals surface area contributed by atoms with Crippen LogP contribution in [-0.2, 0) is 13.0 Å². The van der Waals surface area contributed by atoms with Crippen molar-refractivity contribution in [2.75, 3.05) is 5.32 Å². The van der Waals surface area contributed by atoms with Crippen molar-refractivity contribution in [2.24, 2.45) is 0 Å². The van der Waals surface area contributed by atoms with Crippen LogP contribution in [0.1, 0.15) is 73.3 Å². The summed E-state index contributed by atoms with van der Waals surface area (Å²) in [4.78, 5) is 25.7. The first-order valence-corrected chi connectivity index (χ1v) is 10.1. The lowest BCUT2D eigenvalue weighted by Crippen LogP contribution is -2.28. The van der Waals surface area contributed by atoms with Crippen molar-refractivity contribution in [3.63, 3.8) is 0 Å². The number of rotatable bonds is 9. The number of para-hydroxylation sites is 1. The zero-order valence-corrected chi connectivity index (χ0v) is 17.1. The molecule has 2 rings (SSSR count). The highest BCUT2D eigenvalue weighted by molar-refractivity contribution is 6.05. The van der Waals surface area contributed by atoms with Crippen molar-refractivity contribution >= 4 is 11.6 Å². The summed E-state index contributed by atoms with van der Waals surface area (Å²) in [5.74, 6) is -0.306. The molecule has 1 amide bonds. The summed E-state index contributed by atoms with van der Waals surface area (Å²) in [5, 5.41) is 2.94. The van der Waals surface area contributed by atoms with Gasteiger partial charge in [0.05, 0.1) is 0 Å². The van der Waals surface area contributed by atoms with E-state index in [9.17, 15) is 9.59 Å². The van der Waals surface area contributed by atoms with Gasteiger partial charge in [-0.1, -0.05) is 57.7 Å². The third-order valence-corrected chi connectivity index (χ3v) is 4.97. The quantitative estimate of drug-likeness (QED) is 0.615. The Morgan fingerprint density at radius 2 is 1.78 bits per heavy atom. The largest absolute Gasteiger partial charge is 0.348 e. The number of benzene rings is 1. The van der Waals surface area contributed by atoms with E-state index >= 15 is 0 Å². The number of hydrogen-bond donors (Lipinski definition) is 1. The van der Waals surface area contributed by atoms with E-state index in [1.165, 1.54) is 19.3 Å². The summed E-state index contributed by atoms with van der Waals surface area (Å²) in [6.07, 6.45) is 6.24. The molecule has 0 bridgehead atoms. The van der Waals surface area contributed by atoms with Gasteiger partial charge in [0, 0.05) is 29.7 Å². The van der Waals surface area contributed by atoms with Gasteiger partial charge in [0.2, 0.25) is 0 Å². The first kappa shape index (κ1) is 20.9. The van der Waals surface area contributed by atoms with Crippen LogP contribution in [0.25, 0.3) is 0 Å². The van der Waals surface area contributed by atoms with Crippen LogP contribution in [0.15, 0.2) is 35.1 Å². The number of unbranched alkanes of at least 4 members (excludes halogenated alkanes) is 3. The molecule has 0 aliphatic carbocycles. The van der Waals surface area contributed by atoms with Crippen LogP contribution in [0.3, 0.4) is 0 Å². The molecule has 4 heteroatoms. The number of pyridine rings is 1. The second kappa shape index (κ2) is 10.1. The van der Waals surface area contributed by atoms with Crippen molar-refractivity contribution in [3.05, 3.63) is 63.1 Å². The van der Waals surface area contributed by atoms with Crippen LogP contribution in [-0.4, -0.2) is 10.5 Å². The van der Waals surface area contributed by atoms with E-state index in [2.05, 4.69) is 23.7 Å². The number of aryl methyl sites for hydroxylation is 2. The fourth-order valence-electron chi connectivity index (χ4n) is 3.48. The molecule has 146 valence electrons. The summed E-state index contributed by atoms with van der Waals surface area (Å²) < 4.78 is 2.17. The van der Waals surface area contributed by atoms with Gasteiger partial charge in [-0.2, -0.15) is 0 Å². The molecule has 0 aliphatic rings. The minimum atomic E-state index is -0.306. The topological polar surface area (TPSA) is 51.1 Å². The SMILES string of the molecule is CCCCCCn1c(C)cc(=O)c(C(=O)Nc2ccccc2C)c1CCC. The molecular weight excluding hydrogens is 336 g/mol. The second-order valence-corrected chi connectivity index (χ2v) is 7.20. The summed E-state index contributed by atoms with van der Waals surface area (Å²) in [6, 6.07) is 9.24. The first-order valence-electron chi connectivity index (χ1n) is 10.1. The maximum absolute atomic E-state index is 13.0. The van der Waals surface area contributed by atoms with Gasteiger partial charge in [0.15, 0.2) is 5.43 Å². The number of anilines is 1. The normalized spacial score (nSPS) is 10.8. The standard InChI is InChI=1S/C23H32N2O2/c1-5-7-8-11-15-25-18(4)16-21(26)22(20(25)12-6-2)23(27)24-19-14-10-9-13-17(19)3/h9-10,13-14,16H,5-8,11-12,15H2,1-4H3,(H,24,27). The lowest BCUT2D eigenvalue weighted by atomic mass is 10.0. The van der Waals surface area contributed by atoms with Gasteiger partial charge in [-0.25, -0.2) is 0 Å². The molecule has 0 spiro atoms. The first-order chi connectivity index (χ1) is 13.0. The van der Waals surface area contributed by atoms with Gasteiger partial charge >= 0.3 is 0 Å². The third kappa shape index (κ3) is 5.31. The van der Waals surface area contributed by atoms with E-state index in [0.717, 1.165) is 48.4 Å². The molecule has 0 saturated heterocycles. The summed E-state index contributed by atoms with van der Waals surface area (Å²) in [6.45, 7) is 9.04. The number of amides is 1. The van der Waals surface area contributed by atoms with Crippen LogP contribution in [0, 0.1) is 13.8 Å². The molecule has 0 fully saturated rings. The Morgan fingerprint density at radius 1 is 1.04 bits per heavy atom. The Labute approximate surface area is 162 Å². The van der Waals surface area contributed by atoms with Crippen molar-refractivity contribution in [1.29, 1.82) is 0 Å². The second-order valence-electron chi connectivity index (χ2n) is 7.20. The highest BCUT2D eigenvalue weighted by atomic mass is 16.2. The third-order valence-electron chi connectivity index (χ3n) is 4.97. The predicted octanol–water partition coefficient (Wildman–Crippen LogP) is 5.25. The van der Waals surface area contributed by atoms with Crippen molar-refractivity contribution in [1.82, 2.24) is 4.57 Å². The number of nitrogens with one attached hydrogen (secondary N) is 1. The number of aromatic nitrogens is 1. The summed E-state index contributed by atoms with van der Waals surface area (Å²) >= 11 is 0. The smallest absolute Gasteiger partial charge is 0.261 e. The van der Waals surface area contributed by atoms with Crippen molar-refractivity contribution in [2.45, 2.75) is 72.8 Å². The molecule has 0 unspecified atom stereocenters. The van der Waals surface area contributed by atoms with Crippen molar-refractivity contribution < 1.29 is 4.79 Å². The minimum absolute atomic E-state index is 0.188. The number of nitrogens with zero attached hydrogens (tertiary/aromatic N) is 1. The Morgan fingerprint density at radius 3 is 2.44 bits per heavy atom. The molecule has 0 radical (unpaired) electrons. The van der Waals surface area contributed by atoms with Crippen molar-refractivity contribution in [3.8, 4) is 0 Å². The van der Waals surface area contributed by atoms with Gasteiger partial charge in [-0.15, -0.1) is 0 Å². The van der Waals surface area contributed by atoms with Crippen LogP contribution in [0.5, 0.6) is 0 Å². The lowest BCUT2D eigenvalue weighted by molar-refractivity contribution is 0.102. The molecule has 0 atom stereocenters. The summed E-state index contributed by atoms with van der Waals surface area (Å²) in [7, 11) is 0. The highest BCUT2D eigenvalue weighted by Crippen LogP contribution is 2.18. The zero-order valence-electron chi connectivity index (χ0n) is 17.1. The maximum atomic E-state index is 13.0. The van der Waals surface area contributed by atoms with Gasteiger partial charge in [0.1, 0.15) is 5.56 Å². The van der Waals surface area contributed by atoms with Gasteiger partial charge in [0.25, 0.3) is 5.91 Å². The molecule has 1 N–H and O–H groups in total. The molecule has 4 nitrogen and oxygen atoms in total. The minimum Gasteiger partial charge on any atom is -0.348 e. The van der Waals surface area contributed by atoms with Crippen LogP contribution in [0.4, 0.5) is 5.69 Å². The maximum Gasteiger partial charge on any atom is 0.261 e. The molecular formula is C23H32N2O2. The van der Waals surface area contributed by atoms with Crippen LogP contribution >= 0.6 is 0 Å². The van der Waals surface area contributed by atoms with Crippen LogP contribution < -0.4 is 10.7 Å². The van der Waals surface area contributed by atoms with E-state index < -0.39 is 0 Å². The number of carbonyl (C=O) groups is 1. The molecule has 2 aromatic rings. The van der Waals surface area contributed by atoms with Gasteiger partial charge in [-0.3, -0.25) is 9.59 Å². The Hall–Kier alpha value is -2.36. The molecule has 1 aromatic carbocycles. The van der Waals surface area contributed by atoms with E-state index in [1.54, 1.807) is 6.07 Å². The fourth-order valence-corrected chi connectivity index (χ4v) is 3.48. The lowest BCUT2D eigenvalue weighted by Gasteiger charge is -2.20. The Bertz CT molecular complexity index is 837. The number of carbonyl (C=O) groups excluding carboxylic acids is 1. The summed E-state index contributed by atoms with van der Waals surface area (Å²) in [5.41, 5.74) is 3.64. The molecule has 27 heavy (non-hydrogen) atoms. The predicted molar refractivity (Wildman–Crippen MR) is 113 cm³/mol. The van der Waals surface area contributed by atoms with Gasteiger partial charge in [-0.05, 0) is 38.3 Å². The molecule has 1 heterocycles. The monoisotopic (exact) mass is 368 g/mol. The Balaban J connectivity index is 2.40. The average Bonchev–Trinajstić information content (AvgIpc) is 2.62. The molecule has 0 aliphatic heterocycles. The Kier molecular flexibility index (Phi) is 7.83. The van der Waals surface area contributed by atoms with E-state index in [0.29, 0.717) is 5.56 Å². The van der Waals surface area contributed by atoms with E-state index in [1.807, 2.05) is 38.1 Å². The molecule has 1 aromatic heterocycles. The molecule has 0 saturated carbocycles. The zero-order chi connectivity index (χ0) is 19.8. The van der Waals surface area contributed by atoms with E-state index in [-0.39, 0.29) is 11.3 Å². The fraction of sp³-hybridized carbons (Fsp3) is 0.478.